The molecule has 0 atom stereocenters. The smallest absolute Gasteiger partial charge is 0.317 e. The van der Waals surface area contributed by atoms with Crippen LogP contribution in [0.2, 0.25) is 0 Å². The third-order valence-corrected chi connectivity index (χ3v) is 8.70. The van der Waals surface area contributed by atoms with Crippen molar-refractivity contribution in [2.75, 3.05) is 38.1 Å². The summed E-state index contributed by atoms with van der Waals surface area (Å²) in [6, 6.07) is 7.97. The highest BCUT2D eigenvalue weighted by Crippen LogP contribution is 2.44. The molecule has 3 aliphatic heterocycles. The zero-order valence-electron chi connectivity index (χ0n) is 23.0. The molecule has 0 spiro atoms. The zero-order chi connectivity index (χ0) is 28.0. The number of hydroxylamine groups is 2. The minimum absolute atomic E-state index is 0.00553. The van der Waals surface area contributed by atoms with Gasteiger partial charge in [0.1, 0.15) is 0 Å². The summed E-state index contributed by atoms with van der Waals surface area (Å²) in [5.74, 6) is 0.318. The van der Waals surface area contributed by atoms with Crippen molar-refractivity contribution < 1.29 is 18.8 Å². The molecule has 0 unspecified atom stereocenters. The summed E-state index contributed by atoms with van der Waals surface area (Å²) in [6.45, 7) is 3.07. The maximum atomic E-state index is 14.5. The van der Waals surface area contributed by atoms with Gasteiger partial charge in [-0.1, -0.05) is 6.07 Å². The number of halogens is 2. The lowest BCUT2D eigenvalue weighted by atomic mass is 9.85. The van der Waals surface area contributed by atoms with Crippen molar-refractivity contribution in [2.45, 2.75) is 51.0 Å². The fraction of sp³-hybridized carbons (Fsp3) is 0.467. The van der Waals surface area contributed by atoms with E-state index in [4.69, 9.17) is 0 Å². The van der Waals surface area contributed by atoms with E-state index in [9.17, 15) is 18.8 Å². The van der Waals surface area contributed by atoms with E-state index < -0.39 is 6.43 Å². The van der Waals surface area contributed by atoms with Crippen LogP contribution in [0.15, 0.2) is 36.7 Å². The van der Waals surface area contributed by atoms with E-state index in [1.54, 1.807) is 37.2 Å². The maximum Gasteiger partial charge on any atom is 0.317 e. The van der Waals surface area contributed by atoms with Crippen LogP contribution < -0.4 is 10.2 Å². The molecule has 0 bridgehead atoms. The Morgan fingerprint density at radius 1 is 1.05 bits per heavy atom. The first-order valence-corrected chi connectivity index (χ1v) is 14.1. The summed E-state index contributed by atoms with van der Waals surface area (Å²) in [7, 11) is 3.43. The molecule has 0 radical (unpaired) electrons. The van der Waals surface area contributed by atoms with Crippen LogP contribution in [0.4, 0.5) is 25.0 Å². The number of amides is 2. The standard InChI is InChI=1S/C30H36F2N6O2/c1-33-30(39)36-9-5-20-12-22(19-6-10-37(40)11-7-19)14-28(26(20)18-36)38-8-3-4-21-13-24(23-16-34-35(2)17-23)25(29(31)32)15-27(21)38/h12-17,19,29,40H,3-11,18H2,1-2H3,(H,33,39). The molecule has 8 nitrogen and oxygen atoms in total. The van der Waals surface area contributed by atoms with Gasteiger partial charge in [-0.05, 0) is 84.0 Å². The third-order valence-electron chi connectivity index (χ3n) is 8.70. The molecule has 10 heteroatoms. The van der Waals surface area contributed by atoms with E-state index in [1.807, 2.05) is 11.0 Å². The SMILES string of the molecule is CNC(=O)N1CCc2cc(C3CCN(O)CC3)cc(N3CCCc4cc(-c5cnn(C)c5)c(C(F)F)cc43)c2C1. The molecule has 3 aliphatic rings. The lowest BCUT2D eigenvalue weighted by molar-refractivity contribution is -0.106. The Balaban J connectivity index is 1.47. The summed E-state index contributed by atoms with van der Waals surface area (Å²) in [5, 5.41) is 18.3. The summed E-state index contributed by atoms with van der Waals surface area (Å²) in [4.78, 5) is 16.6. The largest absolute Gasteiger partial charge is 0.341 e. The van der Waals surface area contributed by atoms with Crippen LogP contribution in [0.5, 0.6) is 0 Å². The molecule has 2 N–H and O–H groups in total. The topological polar surface area (TPSA) is 76.9 Å². The zero-order valence-corrected chi connectivity index (χ0v) is 23.0. The molecule has 2 aromatic carbocycles. The summed E-state index contributed by atoms with van der Waals surface area (Å²) < 4.78 is 30.6. The Hall–Kier alpha value is -3.50. The van der Waals surface area contributed by atoms with Crippen molar-refractivity contribution in [3.8, 4) is 11.1 Å². The summed E-state index contributed by atoms with van der Waals surface area (Å²) in [5.41, 5.74) is 7.61. The number of fused-ring (bicyclic) bond motifs is 2. The maximum absolute atomic E-state index is 14.5. The van der Waals surface area contributed by atoms with E-state index in [0.29, 0.717) is 49.8 Å². The van der Waals surface area contributed by atoms with Crippen LogP contribution in [0.25, 0.3) is 11.1 Å². The molecule has 6 rings (SSSR count). The molecule has 1 fully saturated rings. The highest BCUT2D eigenvalue weighted by molar-refractivity contribution is 5.79. The van der Waals surface area contributed by atoms with Crippen molar-refractivity contribution in [3.05, 3.63) is 64.5 Å². The molecule has 0 saturated carbocycles. The van der Waals surface area contributed by atoms with Crippen molar-refractivity contribution in [1.82, 2.24) is 25.1 Å². The number of aromatic nitrogens is 2. The predicted octanol–water partition coefficient (Wildman–Crippen LogP) is 5.38. The van der Waals surface area contributed by atoms with Gasteiger partial charge in [-0.2, -0.15) is 10.2 Å². The second-order valence-corrected chi connectivity index (χ2v) is 11.2. The predicted molar refractivity (Wildman–Crippen MR) is 149 cm³/mol. The van der Waals surface area contributed by atoms with Crippen molar-refractivity contribution >= 4 is 17.4 Å². The Morgan fingerprint density at radius 2 is 1.85 bits per heavy atom. The number of nitrogens with one attached hydrogen (secondary N) is 1. The number of anilines is 2. The number of carbonyl (C=O) groups is 1. The minimum atomic E-state index is -2.63. The normalized spacial score (nSPS) is 18.1. The monoisotopic (exact) mass is 550 g/mol. The number of hydrogen-bond donors (Lipinski definition) is 2. The van der Waals surface area contributed by atoms with E-state index in [2.05, 4.69) is 27.4 Å². The van der Waals surface area contributed by atoms with Crippen LogP contribution in [-0.4, -0.2) is 64.2 Å². The van der Waals surface area contributed by atoms with E-state index in [1.165, 1.54) is 16.2 Å². The van der Waals surface area contributed by atoms with Gasteiger partial charge in [-0.3, -0.25) is 4.68 Å². The van der Waals surface area contributed by atoms with E-state index in [0.717, 1.165) is 54.6 Å². The number of benzene rings is 2. The molecule has 4 heterocycles. The number of nitrogens with zero attached hydrogens (tertiary/aromatic N) is 5. The second-order valence-electron chi connectivity index (χ2n) is 11.2. The summed E-state index contributed by atoms with van der Waals surface area (Å²) >= 11 is 0. The molecule has 2 amide bonds. The van der Waals surface area contributed by atoms with E-state index in [-0.39, 0.29) is 11.6 Å². The van der Waals surface area contributed by atoms with Gasteiger partial charge in [0.25, 0.3) is 6.43 Å². The van der Waals surface area contributed by atoms with Crippen molar-refractivity contribution in [3.63, 3.8) is 0 Å². The molecule has 3 aromatic rings. The van der Waals surface area contributed by atoms with Gasteiger partial charge in [0.05, 0.1) is 6.20 Å². The molecule has 212 valence electrons. The highest BCUT2D eigenvalue weighted by Gasteiger charge is 2.31. The van der Waals surface area contributed by atoms with Gasteiger partial charge in [-0.25, -0.2) is 13.6 Å². The lowest BCUT2D eigenvalue weighted by Crippen LogP contribution is -2.42. The minimum Gasteiger partial charge on any atom is -0.341 e. The third kappa shape index (κ3) is 4.94. The van der Waals surface area contributed by atoms with Crippen molar-refractivity contribution in [1.29, 1.82) is 0 Å². The quantitative estimate of drug-likeness (QED) is 0.457. The molecule has 0 aliphatic carbocycles. The first kappa shape index (κ1) is 26.7. The molecule has 40 heavy (non-hydrogen) atoms. The first-order valence-electron chi connectivity index (χ1n) is 14.1. The van der Waals surface area contributed by atoms with Gasteiger partial charge in [0.2, 0.25) is 0 Å². The van der Waals surface area contributed by atoms with Gasteiger partial charge in [0, 0.05) is 75.5 Å². The number of piperidine rings is 1. The van der Waals surface area contributed by atoms with Crippen LogP contribution >= 0.6 is 0 Å². The number of aryl methyl sites for hydroxylation is 2. The number of rotatable bonds is 4. The van der Waals surface area contributed by atoms with E-state index >= 15 is 0 Å². The molecular formula is C30H36F2N6O2. The van der Waals surface area contributed by atoms with Crippen LogP contribution in [0, 0.1) is 0 Å². The van der Waals surface area contributed by atoms with Crippen molar-refractivity contribution in [2.24, 2.45) is 7.05 Å². The number of urea groups is 1. The Bertz CT molecular complexity index is 1420. The number of hydrogen-bond acceptors (Lipinski definition) is 5. The highest BCUT2D eigenvalue weighted by atomic mass is 19.3. The Labute approximate surface area is 233 Å². The lowest BCUT2D eigenvalue weighted by Gasteiger charge is -2.38. The fourth-order valence-corrected chi connectivity index (χ4v) is 6.57. The van der Waals surface area contributed by atoms with Gasteiger partial charge in [-0.15, -0.1) is 0 Å². The fourth-order valence-electron chi connectivity index (χ4n) is 6.57. The Morgan fingerprint density at radius 3 is 2.55 bits per heavy atom. The Kier molecular flexibility index (Phi) is 7.22. The van der Waals surface area contributed by atoms with Gasteiger partial charge >= 0.3 is 6.03 Å². The average Bonchev–Trinajstić information content (AvgIpc) is 3.41. The number of alkyl halides is 2. The average molecular weight is 551 g/mol. The van der Waals surface area contributed by atoms with Gasteiger partial charge < -0.3 is 20.3 Å². The molecule has 1 saturated heterocycles. The molecular weight excluding hydrogens is 514 g/mol. The second kappa shape index (κ2) is 10.8. The molecule has 1 aromatic heterocycles. The summed E-state index contributed by atoms with van der Waals surface area (Å²) in [6.07, 6.45) is 4.96. The van der Waals surface area contributed by atoms with Crippen LogP contribution in [-0.2, 0) is 26.4 Å². The number of carbonyl (C=O) groups excluding carboxylic acids is 1. The van der Waals surface area contributed by atoms with Crippen LogP contribution in [0.1, 0.15) is 59.4 Å². The first-order chi connectivity index (χ1) is 19.3. The van der Waals surface area contributed by atoms with Gasteiger partial charge in [0.15, 0.2) is 0 Å². The van der Waals surface area contributed by atoms with Crippen LogP contribution in [0.3, 0.4) is 0 Å².